The van der Waals surface area contributed by atoms with E-state index in [0.717, 1.165) is 5.92 Å². The molecule has 0 aromatic rings. The molecule has 0 spiro atoms. The van der Waals surface area contributed by atoms with Crippen molar-refractivity contribution >= 4 is 0 Å². The maximum atomic E-state index is 3.73. The minimum atomic E-state index is 0.833. The Labute approximate surface area is 77.4 Å². The first-order valence-corrected chi connectivity index (χ1v) is 4.99. The van der Waals surface area contributed by atoms with Gasteiger partial charge in [-0.2, -0.15) is 0 Å². The molecule has 0 heterocycles. The van der Waals surface area contributed by atoms with Gasteiger partial charge in [-0.25, -0.2) is 0 Å². The molecule has 0 radical (unpaired) electrons. The van der Waals surface area contributed by atoms with Crippen molar-refractivity contribution in [3.8, 4) is 0 Å². The minimum absolute atomic E-state index is 0.833. The number of rotatable bonds is 6. The van der Waals surface area contributed by atoms with Gasteiger partial charge in [0.2, 0.25) is 0 Å². The molecule has 0 saturated heterocycles. The average molecular weight is 166 g/mol. The Balaban J connectivity index is 3.55. The molecule has 0 fully saturated rings. The van der Waals surface area contributed by atoms with Gasteiger partial charge in [0.25, 0.3) is 0 Å². The predicted molar refractivity (Wildman–Crippen MR) is 57.3 cm³/mol. The Morgan fingerprint density at radius 3 is 2.67 bits per heavy atom. The molecular formula is C12H22. The van der Waals surface area contributed by atoms with Gasteiger partial charge in [-0.05, 0) is 19.3 Å². The predicted octanol–water partition coefficient (Wildman–Crippen LogP) is 4.34. The second-order valence-electron chi connectivity index (χ2n) is 3.64. The summed E-state index contributed by atoms with van der Waals surface area (Å²) in [6.45, 7) is 10.4. The molecule has 0 N–H and O–H groups in total. The van der Waals surface area contributed by atoms with E-state index in [2.05, 4.69) is 33.4 Å². The molecule has 0 amide bonds. The summed E-state index contributed by atoms with van der Waals surface area (Å²) >= 11 is 0. The van der Waals surface area contributed by atoms with Crippen molar-refractivity contribution in [2.45, 2.75) is 46.5 Å². The van der Waals surface area contributed by atoms with Gasteiger partial charge >= 0.3 is 0 Å². The molecule has 0 nitrogen and oxygen atoms in total. The summed E-state index contributed by atoms with van der Waals surface area (Å²) < 4.78 is 0. The van der Waals surface area contributed by atoms with Crippen molar-refractivity contribution in [2.75, 3.05) is 0 Å². The van der Waals surface area contributed by atoms with E-state index in [1.165, 1.54) is 31.3 Å². The molecule has 12 heavy (non-hydrogen) atoms. The van der Waals surface area contributed by atoms with Crippen LogP contribution >= 0.6 is 0 Å². The van der Waals surface area contributed by atoms with Crippen molar-refractivity contribution in [1.29, 1.82) is 0 Å². The molecule has 1 unspecified atom stereocenters. The highest BCUT2D eigenvalue weighted by Gasteiger charge is 1.97. The first kappa shape index (κ1) is 11.5. The van der Waals surface area contributed by atoms with Crippen LogP contribution in [-0.2, 0) is 0 Å². The van der Waals surface area contributed by atoms with Crippen LogP contribution in [0.15, 0.2) is 24.3 Å². The maximum absolute atomic E-state index is 3.73. The fourth-order valence-electron chi connectivity index (χ4n) is 1.14. The first-order chi connectivity index (χ1) is 5.70. The standard InChI is InChI=1S/C12H22/c1-5-7-8-12(4)10-9-11(3)6-2/h6,9,12H,2,5,7-8,10H2,1,3-4H3. The molecule has 0 aliphatic heterocycles. The van der Waals surface area contributed by atoms with Crippen molar-refractivity contribution in [1.82, 2.24) is 0 Å². The van der Waals surface area contributed by atoms with E-state index in [0.29, 0.717) is 0 Å². The van der Waals surface area contributed by atoms with Crippen molar-refractivity contribution < 1.29 is 0 Å². The number of allylic oxidation sites excluding steroid dienone is 3. The molecule has 0 aromatic carbocycles. The van der Waals surface area contributed by atoms with Crippen LogP contribution in [-0.4, -0.2) is 0 Å². The third kappa shape index (κ3) is 6.21. The lowest BCUT2D eigenvalue weighted by Crippen LogP contribution is -1.92. The van der Waals surface area contributed by atoms with Gasteiger partial charge in [0.15, 0.2) is 0 Å². The summed E-state index contributed by atoms with van der Waals surface area (Å²) in [5.74, 6) is 0.833. The Hall–Kier alpha value is -0.520. The van der Waals surface area contributed by atoms with E-state index in [9.17, 15) is 0 Å². The van der Waals surface area contributed by atoms with Crippen LogP contribution in [0.4, 0.5) is 0 Å². The monoisotopic (exact) mass is 166 g/mol. The highest BCUT2D eigenvalue weighted by atomic mass is 14.0. The zero-order valence-electron chi connectivity index (χ0n) is 8.77. The van der Waals surface area contributed by atoms with Gasteiger partial charge in [-0.1, -0.05) is 57.4 Å². The molecule has 0 rings (SSSR count). The molecular weight excluding hydrogens is 144 g/mol. The summed E-state index contributed by atoms with van der Waals surface area (Å²) in [6, 6.07) is 0. The second-order valence-corrected chi connectivity index (χ2v) is 3.64. The Morgan fingerprint density at radius 2 is 2.17 bits per heavy atom. The Bertz CT molecular complexity index is 142. The summed E-state index contributed by atoms with van der Waals surface area (Å²) in [4.78, 5) is 0. The quantitative estimate of drug-likeness (QED) is 0.515. The molecule has 70 valence electrons. The molecule has 0 saturated carbocycles. The van der Waals surface area contributed by atoms with E-state index in [1.54, 1.807) is 0 Å². The van der Waals surface area contributed by atoms with Gasteiger partial charge in [0, 0.05) is 0 Å². The first-order valence-electron chi connectivity index (χ1n) is 4.99. The van der Waals surface area contributed by atoms with Gasteiger partial charge in [-0.15, -0.1) is 0 Å². The van der Waals surface area contributed by atoms with Crippen LogP contribution in [0.3, 0.4) is 0 Å². The number of hydrogen-bond acceptors (Lipinski definition) is 0. The second kappa shape index (κ2) is 7.15. The molecule has 0 aliphatic rings. The highest BCUT2D eigenvalue weighted by Crippen LogP contribution is 2.13. The van der Waals surface area contributed by atoms with Gasteiger partial charge in [-0.3, -0.25) is 0 Å². The SMILES string of the molecule is C=CC(C)=CCC(C)CCCC. The van der Waals surface area contributed by atoms with Crippen molar-refractivity contribution in [2.24, 2.45) is 5.92 Å². The Morgan fingerprint density at radius 1 is 1.50 bits per heavy atom. The largest absolute Gasteiger partial charge is 0.0988 e. The molecule has 0 bridgehead atoms. The summed E-state index contributed by atoms with van der Waals surface area (Å²) in [5.41, 5.74) is 1.30. The van der Waals surface area contributed by atoms with Crippen LogP contribution in [0.25, 0.3) is 0 Å². The van der Waals surface area contributed by atoms with E-state index >= 15 is 0 Å². The minimum Gasteiger partial charge on any atom is -0.0988 e. The molecule has 1 atom stereocenters. The van der Waals surface area contributed by atoms with E-state index < -0.39 is 0 Å². The summed E-state index contributed by atoms with van der Waals surface area (Å²) in [7, 11) is 0. The normalized spacial score (nSPS) is 14.4. The lowest BCUT2D eigenvalue weighted by Gasteiger charge is -2.07. The lowest BCUT2D eigenvalue weighted by molar-refractivity contribution is 0.511. The number of hydrogen-bond donors (Lipinski definition) is 0. The van der Waals surface area contributed by atoms with Crippen LogP contribution in [0, 0.1) is 5.92 Å². The fraction of sp³-hybridized carbons (Fsp3) is 0.667. The fourth-order valence-corrected chi connectivity index (χ4v) is 1.14. The van der Waals surface area contributed by atoms with Crippen molar-refractivity contribution in [3.05, 3.63) is 24.3 Å². The third-order valence-corrected chi connectivity index (χ3v) is 2.21. The van der Waals surface area contributed by atoms with Gasteiger partial charge in [0.1, 0.15) is 0 Å². The average Bonchev–Trinajstić information content (AvgIpc) is 2.10. The number of unbranched alkanes of at least 4 members (excludes halogenated alkanes) is 1. The molecule has 0 heteroatoms. The van der Waals surface area contributed by atoms with Crippen LogP contribution in [0.2, 0.25) is 0 Å². The van der Waals surface area contributed by atoms with Crippen molar-refractivity contribution in [3.63, 3.8) is 0 Å². The smallest absolute Gasteiger partial charge is 0.0319 e. The molecule has 0 aliphatic carbocycles. The Kier molecular flexibility index (Phi) is 6.84. The topological polar surface area (TPSA) is 0 Å². The van der Waals surface area contributed by atoms with Crippen LogP contribution in [0.1, 0.15) is 46.5 Å². The lowest BCUT2D eigenvalue weighted by atomic mass is 9.99. The summed E-state index contributed by atoms with van der Waals surface area (Å²) in [5, 5.41) is 0. The third-order valence-electron chi connectivity index (χ3n) is 2.21. The van der Waals surface area contributed by atoms with Crippen LogP contribution in [0.5, 0.6) is 0 Å². The highest BCUT2D eigenvalue weighted by molar-refractivity contribution is 5.12. The zero-order valence-corrected chi connectivity index (χ0v) is 8.77. The summed E-state index contributed by atoms with van der Waals surface area (Å²) in [6.07, 6.45) is 9.45. The van der Waals surface area contributed by atoms with E-state index in [1.807, 2.05) is 6.08 Å². The van der Waals surface area contributed by atoms with Gasteiger partial charge in [0.05, 0.1) is 0 Å². The van der Waals surface area contributed by atoms with E-state index in [-0.39, 0.29) is 0 Å². The molecule has 0 aromatic heterocycles. The maximum Gasteiger partial charge on any atom is -0.0319 e. The zero-order chi connectivity index (χ0) is 9.40. The van der Waals surface area contributed by atoms with Gasteiger partial charge < -0.3 is 0 Å². The van der Waals surface area contributed by atoms with E-state index in [4.69, 9.17) is 0 Å². The van der Waals surface area contributed by atoms with Crippen LogP contribution < -0.4 is 0 Å².